The van der Waals surface area contributed by atoms with E-state index in [4.69, 9.17) is 22.6 Å². The Morgan fingerprint density at radius 2 is 2.06 bits per heavy atom. The van der Waals surface area contributed by atoms with E-state index in [0.29, 0.717) is 10.7 Å². The lowest BCUT2D eigenvalue weighted by atomic mass is 10.1. The van der Waals surface area contributed by atoms with Crippen LogP contribution in [0.1, 0.15) is 0 Å². The van der Waals surface area contributed by atoms with Crippen molar-refractivity contribution in [2.75, 3.05) is 5.32 Å². The highest BCUT2D eigenvalue weighted by Crippen LogP contribution is 2.17. The number of amides is 1. The van der Waals surface area contributed by atoms with Crippen LogP contribution in [0.25, 0.3) is 0 Å². The molecule has 0 fully saturated rings. The number of hydrogen-bond donors (Lipinski definition) is 2. The first-order chi connectivity index (χ1) is 7.54. The van der Waals surface area contributed by atoms with Crippen molar-refractivity contribution in [2.45, 2.75) is 0 Å². The van der Waals surface area contributed by atoms with Crippen LogP contribution in [-0.2, 0) is 4.79 Å². The Bertz CT molecular complexity index is 447. The van der Waals surface area contributed by atoms with Crippen LogP contribution in [0.4, 0.5) is 5.69 Å². The molecular weight excluding hydrogens is 226 g/mol. The minimum atomic E-state index is -1.05. The summed E-state index contributed by atoms with van der Waals surface area (Å²) in [6.45, 7) is 3.60. The predicted molar refractivity (Wildman–Crippen MR) is 62.5 cm³/mol. The lowest BCUT2D eigenvalue weighted by Crippen LogP contribution is -2.26. The van der Waals surface area contributed by atoms with Gasteiger partial charge in [-0.25, -0.2) is 0 Å². The third-order valence-corrected chi connectivity index (χ3v) is 2.16. The molecule has 16 heavy (non-hydrogen) atoms. The summed E-state index contributed by atoms with van der Waals surface area (Å²) in [5, 5.41) is 12.1. The molecule has 0 bridgehead atoms. The van der Waals surface area contributed by atoms with Gasteiger partial charge in [-0.1, -0.05) is 18.2 Å². The minimum absolute atomic E-state index is 0.248. The number of rotatable bonds is 4. The molecule has 0 heterocycles. The van der Waals surface area contributed by atoms with Gasteiger partial charge >= 0.3 is 0 Å². The summed E-state index contributed by atoms with van der Waals surface area (Å²) in [5.41, 5.74) is 5.98. The van der Waals surface area contributed by atoms with E-state index in [1.807, 2.05) is 0 Å². The number of hydrogen-bond acceptors (Lipinski definition) is 3. The number of carbonyl (C=O) groups is 1. The third-order valence-electron chi connectivity index (χ3n) is 1.91. The van der Waals surface area contributed by atoms with Crippen molar-refractivity contribution in [3.05, 3.63) is 41.6 Å². The van der Waals surface area contributed by atoms with Crippen molar-refractivity contribution in [2.24, 2.45) is 11.7 Å². The number of nitrogens with zero attached hydrogens (tertiary/aromatic N) is 1. The highest BCUT2D eigenvalue weighted by Gasteiger charge is 2.17. The van der Waals surface area contributed by atoms with Crippen LogP contribution < -0.4 is 11.1 Å². The molecule has 0 aromatic heterocycles. The maximum atomic E-state index is 10.9. The van der Waals surface area contributed by atoms with Gasteiger partial charge in [-0.3, -0.25) is 4.79 Å². The molecule has 0 aliphatic rings. The average Bonchev–Trinajstić information content (AvgIpc) is 2.22. The zero-order valence-electron chi connectivity index (χ0n) is 8.40. The molecular formula is C11H10ClN3O. The van der Waals surface area contributed by atoms with Gasteiger partial charge in [0.05, 0.1) is 6.07 Å². The second-order valence-corrected chi connectivity index (χ2v) is 3.56. The number of halogens is 1. The van der Waals surface area contributed by atoms with Gasteiger partial charge in [0, 0.05) is 16.4 Å². The van der Waals surface area contributed by atoms with Crippen molar-refractivity contribution >= 4 is 23.2 Å². The van der Waals surface area contributed by atoms with Crippen molar-refractivity contribution in [3.63, 3.8) is 0 Å². The fraction of sp³-hybridized carbons (Fsp3) is 0.0909. The Hall–Kier alpha value is -1.99. The van der Waals surface area contributed by atoms with Crippen molar-refractivity contribution in [3.8, 4) is 6.07 Å². The van der Waals surface area contributed by atoms with Crippen LogP contribution in [0.15, 0.2) is 36.5 Å². The molecule has 1 aromatic carbocycles. The lowest BCUT2D eigenvalue weighted by Gasteiger charge is -2.11. The molecule has 1 rings (SSSR count). The second kappa shape index (κ2) is 5.19. The van der Waals surface area contributed by atoms with Crippen LogP contribution in [0.2, 0.25) is 5.02 Å². The summed E-state index contributed by atoms with van der Waals surface area (Å²) in [4.78, 5) is 10.9. The van der Waals surface area contributed by atoms with Gasteiger partial charge in [0.25, 0.3) is 0 Å². The van der Waals surface area contributed by atoms with Crippen LogP contribution in [0.5, 0.6) is 0 Å². The quantitative estimate of drug-likeness (QED) is 0.837. The minimum Gasteiger partial charge on any atom is -0.368 e. The first-order valence-electron chi connectivity index (χ1n) is 4.45. The first-order valence-corrected chi connectivity index (χ1v) is 4.82. The van der Waals surface area contributed by atoms with E-state index >= 15 is 0 Å². The number of primary amides is 1. The Morgan fingerprint density at radius 3 is 2.50 bits per heavy atom. The summed E-state index contributed by atoms with van der Waals surface area (Å²) >= 11 is 5.71. The molecule has 0 radical (unpaired) electrons. The molecule has 3 N–H and O–H groups in total. The van der Waals surface area contributed by atoms with Gasteiger partial charge in [0.1, 0.15) is 0 Å². The van der Waals surface area contributed by atoms with Gasteiger partial charge in [-0.15, -0.1) is 0 Å². The molecule has 0 saturated carbocycles. The van der Waals surface area contributed by atoms with Gasteiger partial charge < -0.3 is 11.1 Å². The molecule has 5 heteroatoms. The van der Waals surface area contributed by atoms with Crippen molar-refractivity contribution in [1.29, 1.82) is 5.26 Å². The van der Waals surface area contributed by atoms with Crippen LogP contribution in [0.3, 0.4) is 0 Å². The lowest BCUT2D eigenvalue weighted by molar-refractivity contribution is -0.119. The number of nitrogens with one attached hydrogen (secondary N) is 1. The summed E-state index contributed by atoms with van der Waals surface area (Å²) in [5.74, 6) is -1.77. The second-order valence-electron chi connectivity index (χ2n) is 3.12. The van der Waals surface area contributed by atoms with E-state index in [-0.39, 0.29) is 5.70 Å². The van der Waals surface area contributed by atoms with Crippen LogP contribution in [-0.4, -0.2) is 5.91 Å². The third kappa shape index (κ3) is 3.01. The van der Waals surface area contributed by atoms with E-state index in [0.717, 1.165) is 0 Å². The molecule has 1 aromatic rings. The number of benzene rings is 1. The molecule has 0 saturated heterocycles. The van der Waals surface area contributed by atoms with Gasteiger partial charge in [0.15, 0.2) is 5.92 Å². The smallest absolute Gasteiger partial charge is 0.240 e. The zero-order chi connectivity index (χ0) is 12.1. The monoisotopic (exact) mass is 235 g/mol. The van der Waals surface area contributed by atoms with E-state index in [9.17, 15) is 4.79 Å². The molecule has 1 amide bonds. The summed E-state index contributed by atoms with van der Waals surface area (Å²) in [7, 11) is 0. The molecule has 0 unspecified atom stereocenters. The zero-order valence-corrected chi connectivity index (χ0v) is 9.16. The first kappa shape index (κ1) is 12.1. The van der Waals surface area contributed by atoms with E-state index in [1.54, 1.807) is 30.3 Å². The average molecular weight is 236 g/mol. The molecule has 0 spiro atoms. The number of nitriles is 1. The van der Waals surface area contributed by atoms with E-state index in [2.05, 4.69) is 11.9 Å². The van der Waals surface area contributed by atoms with Crippen LogP contribution in [0, 0.1) is 17.2 Å². The number of carbonyl (C=O) groups excluding carboxylic acids is 1. The van der Waals surface area contributed by atoms with E-state index < -0.39 is 11.8 Å². The fourth-order valence-electron chi connectivity index (χ4n) is 1.10. The molecule has 0 aliphatic heterocycles. The Morgan fingerprint density at radius 1 is 1.50 bits per heavy atom. The highest BCUT2D eigenvalue weighted by atomic mass is 35.5. The summed E-state index contributed by atoms with van der Waals surface area (Å²) in [6.07, 6.45) is 0. The SMILES string of the molecule is C=C(Nc1ccc(Cl)cc1)[C@@H](C#N)C(N)=O. The Labute approximate surface area is 98.3 Å². The topological polar surface area (TPSA) is 78.9 Å². The maximum absolute atomic E-state index is 10.9. The maximum Gasteiger partial charge on any atom is 0.240 e. The van der Waals surface area contributed by atoms with Crippen LogP contribution >= 0.6 is 11.6 Å². The largest absolute Gasteiger partial charge is 0.368 e. The highest BCUT2D eigenvalue weighted by molar-refractivity contribution is 6.30. The van der Waals surface area contributed by atoms with Gasteiger partial charge in [-0.2, -0.15) is 5.26 Å². The Kier molecular flexibility index (Phi) is 3.92. The molecule has 1 atom stereocenters. The van der Waals surface area contributed by atoms with Crippen molar-refractivity contribution < 1.29 is 4.79 Å². The predicted octanol–water partition coefficient (Wildman–Crippen LogP) is 1.89. The van der Waals surface area contributed by atoms with E-state index in [1.165, 1.54) is 0 Å². The molecule has 0 aliphatic carbocycles. The summed E-state index contributed by atoms with van der Waals surface area (Å²) in [6, 6.07) is 8.56. The number of nitrogens with two attached hydrogens (primary N) is 1. The number of anilines is 1. The van der Waals surface area contributed by atoms with Gasteiger partial charge in [-0.05, 0) is 24.3 Å². The molecule has 4 nitrogen and oxygen atoms in total. The summed E-state index contributed by atoms with van der Waals surface area (Å²) < 4.78 is 0. The van der Waals surface area contributed by atoms with Gasteiger partial charge in [0.2, 0.25) is 5.91 Å². The Balaban J connectivity index is 2.75. The fourth-order valence-corrected chi connectivity index (χ4v) is 1.23. The molecule has 82 valence electrons. The van der Waals surface area contributed by atoms with Crippen molar-refractivity contribution in [1.82, 2.24) is 0 Å². The normalized spacial score (nSPS) is 11.2. The standard InChI is InChI=1S/C11H10ClN3O/c1-7(10(6-13)11(14)16)15-9-4-2-8(12)3-5-9/h2-5,10,15H,1H2,(H2,14,16)/t10-/m1/s1.